The first kappa shape index (κ1) is 9.26. The molecule has 1 fully saturated rings. The van der Waals surface area contributed by atoms with Crippen LogP contribution in [0.5, 0.6) is 0 Å². The smallest absolute Gasteiger partial charge is 0.330 e. The van der Waals surface area contributed by atoms with Crippen molar-refractivity contribution in [2.75, 3.05) is 6.61 Å². The summed E-state index contributed by atoms with van der Waals surface area (Å²) in [6, 6.07) is 0. The second kappa shape index (κ2) is 3.27. The molecule has 1 N–H and O–H groups in total. The zero-order valence-corrected chi connectivity index (χ0v) is 7.30. The summed E-state index contributed by atoms with van der Waals surface area (Å²) in [6.07, 6.45) is 2.34. The third kappa shape index (κ3) is 2.66. The Bertz CT molecular complexity index is 204. The Kier molecular flexibility index (Phi) is 2.52. The number of epoxide rings is 1. The van der Waals surface area contributed by atoms with E-state index >= 15 is 0 Å². The van der Waals surface area contributed by atoms with E-state index in [4.69, 9.17) is 9.84 Å². The highest BCUT2D eigenvalue weighted by Gasteiger charge is 2.38. The highest BCUT2D eigenvalue weighted by atomic mass is 16.6. The Labute approximate surface area is 72.0 Å². The Morgan fingerprint density at radius 3 is 2.75 bits per heavy atom. The van der Waals surface area contributed by atoms with Gasteiger partial charge in [0.15, 0.2) is 0 Å². The van der Waals surface area contributed by atoms with Crippen molar-refractivity contribution in [2.24, 2.45) is 0 Å². The molecule has 1 aliphatic rings. The van der Waals surface area contributed by atoms with Gasteiger partial charge in [0.1, 0.15) is 0 Å². The number of carbonyl (C=O) groups is 1. The maximum Gasteiger partial charge on any atom is 0.330 e. The van der Waals surface area contributed by atoms with E-state index in [0.29, 0.717) is 12.0 Å². The minimum absolute atomic E-state index is 0.0405. The quantitative estimate of drug-likeness (QED) is 0.503. The monoisotopic (exact) mass is 170 g/mol. The zero-order chi connectivity index (χ0) is 9.19. The van der Waals surface area contributed by atoms with Gasteiger partial charge in [-0.25, -0.2) is 4.79 Å². The normalized spacial score (nSPS) is 26.8. The van der Waals surface area contributed by atoms with Gasteiger partial charge in [0.2, 0.25) is 0 Å². The molecule has 1 saturated heterocycles. The molecule has 0 aliphatic carbocycles. The van der Waals surface area contributed by atoms with E-state index in [0.717, 1.165) is 19.4 Å². The average molecular weight is 170 g/mol. The fraction of sp³-hybridized carbons (Fsp3) is 0.667. The molecule has 0 saturated carbocycles. The van der Waals surface area contributed by atoms with Crippen molar-refractivity contribution < 1.29 is 14.6 Å². The van der Waals surface area contributed by atoms with Crippen LogP contribution in [0.2, 0.25) is 0 Å². The summed E-state index contributed by atoms with van der Waals surface area (Å²) in [4.78, 5) is 10.3. The predicted octanol–water partition coefficient (Wildman–Crippen LogP) is 1.59. The molecule has 0 spiro atoms. The molecule has 3 nitrogen and oxygen atoms in total. The third-order valence-electron chi connectivity index (χ3n) is 2.12. The SMILES string of the molecule is C=C(CCCC1(C)CO1)C(=O)O. The average Bonchev–Trinajstić information content (AvgIpc) is 2.68. The van der Waals surface area contributed by atoms with Gasteiger partial charge in [0, 0.05) is 5.57 Å². The van der Waals surface area contributed by atoms with E-state index in [1.807, 2.05) is 6.92 Å². The van der Waals surface area contributed by atoms with Crippen LogP contribution in [-0.2, 0) is 9.53 Å². The second-order valence-corrected chi connectivity index (χ2v) is 3.50. The lowest BCUT2D eigenvalue weighted by Crippen LogP contribution is -2.05. The van der Waals surface area contributed by atoms with E-state index in [-0.39, 0.29) is 5.60 Å². The van der Waals surface area contributed by atoms with Crippen LogP contribution in [0.25, 0.3) is 0 Å². The molecule has 0 aromatic rings. The van der Waals surface area contributed by atoms with E-state index in [1.165, 1.54) is 0 Å². The van der Waals surface area contributed by atoms with Crippen molar-refractivity contribution in [3.05, 3.63) is 12.2 Å². The second-order valence-electron chi connectivity index (χ2n) is 3.50. The zero-order valence-electron chi connectivity index (χ0n) is 7.30. The summed E-state index contributed by atoms with van der Waals surface area (Å²) in [6.45, 7) is 6.30. The first-order valence-electron chi connectivity index (χ1n) is 4.08. The number of hydrogen-bond donors (Lipinski definition) is 1. The topological polar surface area (TPSA) is 49.8 Å². The van der Waals surface area contributed by atoms with Gasteiger partial charge >= 0.3 is 5.97 Å². The Balaban J connectivity index is 2.10. The number of aliphatic carboxylic acids is 1. The maximum absolute atomic E-state index is 10.3. The molecule has 1 rings (SSSR count). The predicted molar refractivity (Wildman–Crippen MR) is 45.0 cm³/mol. The van der Waals surface area contributed by atoms with Crippen LogP contribution in [0, 0.1) is 0 Å². The number of carboxylic acids is 1. The molecular weight excluding hydrogens is 156 g/mol. The fourth-order valence-corrected chi connectivity index (χ4v) is 1.05. The van der Waals surface area contributed by atoms with Crippen LogP contribution in [0.4, 0.5) is 0 Å². The van der Waals surface area contributed by atoms with E-state index in [9.17, 15) is 4.79 Å². The van der Waals surface area contributed by atoms with Gasteiger partial charge in [-0.15, -0.1) is 0 Å². The summed E-state index contributed by atoms with van der Waals surface area (Å²) >= 11 is 0. The molecule has 0 aromatic heterocycles. The van der Waals surface area contributed by atoms with Gasteiger partial charge in [-0.05, 0) is 26.2 Å². The van der Waals surface area contributed by atoms with Crippen LogP contribution < -0.4 is 0 Å². The number of rotatable bonds is 5. The lowest BCUT2D eigenvalue weighted by atomic mass is 10.0. The van der Waals surface area contributed by atoms with E-state index in [2.05, 4.69) is 6.58 Å². The Morgan fingerprint density at radius 1 is 1.75 bits per heavy atom. The molecule has 0 aromatic carbocycles. The van der Waals surface area contributed by atoms with Crippen LogP contribution in [0.3, 0.4) is 0 Å². The molecule has 3 heteroatoms. The van der Waals surface area contributed by atoms with Crippen LogP contribution in [0.15, 0.2) is 12.2 Å². The van der Waals surface area contributed by atoms with Crippen molar-refractivity contribution in [3.63, 3.8) is 0 Å². The first-order valence-corrected chi connectivity index (χ1v) is 4.08. The van der Waals surface area contributed by atoms with Gasteiger partial charge in [0.05, 0.1) is 12.2 Å². The van der Waals surface area contributed by atoms with Crippen molar-refractivity contribution >= 4 is 5.97 Å². The highest BCUT2D eigenvalue weighted by molar-refractivity contribution is 5.85. The molecule has 68 valence electrons. The van der Waals surface area contributed by atoms with Gasteiger partial charge in [-0.2, -0.15) is 0 Å². The van der Waals surface area contributed by atoms with Crippen LogP contribution in [-0.4, -0.2) is 23.3 Å². The summed E-state index contributed by atoms with van der Waals surface area (Å²) < 4.78 is 5.16. The van der Waals surface area contributed by atoms with Crippen LogP contribution in [0.1, 0.15) is 26.2 Å². The third-order valence-corrected chi connectivity index (χ3v) is 2.12. The minimum Gasteiger partial charge on any atom is -0.478 e. The van der Waals surface area contributed by atoms with Crippen molar-refractivity contribution in [2.45, 2.75) is 31.8 Å². The maximum atomic E-state index is 10.3. The molecule has 0 radical (unpaired) electrons. The highest BCUT2D eigenvalue weighted by Crippen LogP contribution is 2.31. The van der Waals surface area contributed by atoms with Crippen molar-refractivity contribution in [1.29, 1.82) is 0 Å². The van der Waals surface area contributed by atoms with Gasteiger partial charge in [-0.1, -0.05) is 6.58 Å². The number of carboxylic acid groups (broad SMARTS) is 1. The molecule has 1 atom stereocenters. The summed E-state index contributed by atoms with van der Waals surface area (Å²) in [5.74, 6) is -0.892. The lowest BCUT2D eigenvalue weighted by Gasteiger charge is -2.03. The van der Waals surface area contributed by atoms with Gasteiger partial charge in [0.25, 0.3) is 0 Å². The molecule has 12 heavy (non-hydrogen) atoms. The van der Waals surface area contributed by atoms with Crippen molar-refractivity contribution in [1.82, 2.24) is 0 Å². The van der Waals surface area contributed by atoms with Gasteiger partial charge in [-0.3, -0.25) is 0 Å². The summed E-state index contributed by atoms with van der Waals surface area (Å²) in [7, 11) is 0. The standard InChI is InChI=1S/C9H14O3/c1-7(8(10)11)4-3-5-9(2)6-12-9/h1,3-6H2,2H3,(H,10,11). The van der Waals surface area contributed by atoms with Gasteiger partial charge < -0.3 is 9.84 Å². The Morgan fingerprint density at radius 2 is 2.33 bits per heavy atom. The molecule has 0 amide bonds. The molecule has 1 aliphatic heterocycles. The van der Waals surface area contributed by atoms with Crippen molar-refractivity contribution in [3.8, 4) is 0 Å². The van der Waals surface area contributed by atoms with E-state index < -0.39 is 5.97 Å². The molecule has 1 heterocycles. The molecule has 0 bridgehead atoms. The Hall–Kier alpha value is -0.830. The summed E-state index contributed by atoms with van der Waals surface area (Å²) in [5, 5.41) is 8.50. The van der Waals surface area contributed by atoms with E-state index in [1.54, 1.807) is 0 Å². The summed E-state index contributed by atoms with van der Waals surface area (Å²) in [5.41, 5.74) is 0.331. The molecular formula is C9H14O3. The first-order chi connectivity index (χ1) is 5.53. The largest absolute Gasteiger partial charge is 0.478 e. The number of ether oxygens (including phenoxy) is 1. The molecule has 1 unspecified atom stereocenters. The minimum atomic E-state index is -0.892. The van der Waals surface area contributed by atoms with Crippen LogP contribution >= 0.6 is 0 Å². The fourth-order valence-electron chi connectivity index (χ4n) is 1.05. The lowest BCUT2D eigenvalue weighted by molar-refractivity contribution is -0.132. The number of hydrogen-bond acceptors (Lipinski definition) is 2.